The first-order chi connectivity index (χ1) is 9.72. The molecule has 0 bridgehead atoms. The molecule has 0 aromatic heterocycles. The monoisotopic (exact) mass is 297 g/mol. The molecule has 1 fully saturated rings. The lowest BCUT2D eigenvalue weighted by atomic mass is 9.82. The average Bonchev–Trinajstić information content (AvgIpc) is 2.40. The molecular weight excluding hydrogens is 273 g/mol. The standard InChI is InChI=1S/C17H25ClFN/c1-2-20-17(13-8-6-4-3-5-7-9-13)15-12-14(19)10-11-16(15)18/h10-13,17,20H,2-9H2,1H3. The second-order valence-electron chi connectivity index (χ2n) is 5.81. The lowest BCUT2D eigenvalue weighted by Gasteiger charge is -2.30. The molecule has 1 aromatic carbocycles. The number of benzene rings is 1. The van der Waals surface area contributed by atoms with Gasteiger partial charge in [0, 0.05) is 11.1 Å². The molecule has 0 spiro atoms. The van der Waals surface area contributed by atoms with Crippen molar-refractivity contribution in [2.24, 2.45) is 5.92 Å². The molecule has 1 aromatic rings. The van der Waals surface area contributed by atoms with Crippen molar-refractivity contribution in [3.05, 3.63) is 34.6 Å². The summed E-state index contributed by atoms with van der Waals surface area (Å²) in [6.07, 6.45) is 8.99. The molecule has 1 atom stereocenters. The van der Waals surface area contributed by atoms with E-state index in [4.69, 9.17) is 11.6 Å². The van der Waals surface area contributed by atoms with Crippen LogP contribution in [0.25, 0.3) is 0 Å². The van der Waals surface area contributed by atoms with Gasteiger partial charge >= 0.3 is 0 Å². The maximum atomic E-state index is 13.6. The molecular formula is C17H25ClFN. The van der Waals surface area contributed by atoms with Crippen LogP contribution in [0.15, 0.2) is 18.2 Å². The Balaban J connectivity index is 2.21. The van der Waals surface area contributed by atoms with Crippen LogP contribution in [0.1, 0.15) is 63.5 Å². The van der Waals surface area contributed by atoms with E-state index < -0.39 is 0 Å². The van der Waals surface area contributed by atoms with Gasteiger partial charge in [-0.05, 0) is 49.1 Å². The SMILES string of the molecule is CCNC(c1cc(F)ccc1Cl)C1CCCCCCC1. The first-order valence-corrected chi connectivity index (χ1v) is 8.28. The summed E-state index contributed by atoms with van der Waals surface area (Å²) in [5.74, 6) is 0.368. The zero-order valence-electron chi connectivity index (χ0n) is 12.3. The van der Waals surface area contributed by atoms with Gasteiger partial charge in [0.05, 0.1) is 0 Å². The van der Waals surface area contributed by atoms with Crippen molar-refractivity contribution in [1.82, 2.24) is 5.32 Å². The van der Waals surface area contributed by atoms with Gasteiger partial charge in [0.2, 0.25) is 0 Å². The highest BCUT2D eigenvalue weighted by Crippen LogP contribution is 2.36. The summed E-state index contributed by atoms with van der Waals surface area (Å²) in [6, 6.07) is 4.90. The van der Waals surface area contributed by atoms with Crippen LogP contribution in [0.4, 0.5) is 4.39 Å². The van der Waals surface area contributed by atoms with Crippen LogP contribution in [-0.2, 0) is 0 Å². The van der Waals surface area contributed by atoms with Gasteiger partial charge in [-0.2, -0.15) is 0 Å². The third-order valence-corrected chi connectivity index (χ3v) is 4.68. The number of hydrogen-bond donors (Lipinski definition) is 1. The largest absolute Gasteiger partial charge is 0.310 e. The Labute approximate surface area is 126 Å². The third kappa shape index (κ3) is 4.20. The lowest BCUT2D eigenvalue weighted by molar-refractivity contribution is 0.291. The van der Waals surface area contributed by atoms with Crippen LogP contribution < -0.4 is 5.32 Å². The predicted molar refractivity (Wildman–Crippen MR) is 83.6 cm³/mol. The van der Waals surface area contributed by atoms with Gasteiger partial charge in [-0.25, -0.2) is 4.39 Å². The molecule has 1 nitrogen and oxygen atoms in total. The number of rotatable bonds is 4. The zero-order chi connectivity index (χ0) is 14.4. The van der Waals surface area contributed by atoms with Crippen molar-refractivity contribution in [2.75, 3.05) is 6.54 Å². The average molecular weight is 298 g/mol. The van der Waals surface area contributed by atoms with Gasteiger partial charge in [-0.15, -0.1) is 0 Å². The Bertz CT molecular complexity index is 413. The van der Waals surface area contributed by atoms with Crippen LogP contribution in [0.5, 0.6) is 0 Å². The maximum Gasteiger partial charge on any atom is 0.123 e. The van der Waals surface area contributed by atoms with Crippen molar-refractivity contribution in [1.29, 1.82) is 0 Å². The smallest absolute Gasteiger partial charge is 0.123 e. The van der Waals surface area contributed by atoms with Gasteiger partial charge in [0.15, 0.2) is 0 Å². The molecule has 0 radical (unpaired) electrons. The van der Waals surface area contributed by atoms with Crippen LogP contribution in [0, 0.1) is 11.7 Å². The molecule has 1 saturated carbocycles. The van der Waals surface area contributed by atoms with Gasteiger partial charge < -0.3 is 5.32 Å². The molecule has 1 aliphatic carbocycles. The van der Waals surface area contributed by atoms with E-state index in [1.165, 1.54) is 51.0 Å². The predicted octanol–water partition coefficient (Wildman–Crippen LogP) is 5.49. The summed E-state index contributed by atoms with van der Waals surface area (Å²) in [6.45, 7) is 2.98. The van der Waals surface area contributed by atoms with E-state index in [-0.39, 0.29) is 11.9 Å². The van der Waals surface area contributed by atoms with Crippen molar-refractivity contribution in [3.63, 3.8) is 0 Å². The summed E-state index contributed by atoms with van der Waals surface area (Å²) in [5.41, 5.74) is 0.930. The molecule has 1 aliphatic rings. The fraction of sp³-hybridized carbons (Fsp3) is 0.647. The van der Waals surface area contributed by atoms with Gasteiger partial charge in [-0.3, -0.25) is 0 Å². The van der Waals surface area contributed by atoms with Crippen LogP contribution in [0.2, 0.25) is 5.02 Å². The van der Waals surface area contributed by atoms with Crippen molar-refractivity contribution in [2.45, 2.75) is 57.9 Å². The van der Waals surface area contributed by atoms with Crippen molar-refractivity contribution >= 4 is 11.6 Å². The molecule has 1 N–H and O–H groups in total. The summed E-state index contributed by atoms with van der Waals surface area (Å²) < 4.78 is 13.6. The van der Waals surface area contributed by atoms with Gasteiger partial charge in [0.1, 0.15) is 5.82 Å². The minimum absolute atomic E-state index is 0.182. The Morgan fingerprint density at radius 1 is 1.20 bits per heavy atom. The molecule has 2 rings (SSSR count). The second-order valence-corrected chi connectivity index (χ2v) is 6.21. The van der Waals surface area contributed by atoms with Crippen LogP contribution >= 0.6 is 11.6 Å². The maximum absolute atomic E-state index is 13.6. The highest BCUT2D eigenvalue weighted by molar-refractivity contribution is 6.31. The van der Waals surface area contributed by atoms with Crippen molar-refractivity contribution < 1.29 is 4.39 Å². The van der Waals surface area contributed by atoms with E-state index in [9.17, 15) is 4.39 Å². The van der Waals surface area contributed by atoms with Crippen LogP contribution in [-0.4, -0.2) is 6.54 Å². The van der Waals surface area contributed by atoms with E-state index in [0.29, 0.717) is 10.9 Å². The first kappa shape index (κ1) is 15.8. The molecule has 3 heteroatoms. The molecule has 0 aliphatic heterocycles. The van der Waals surface area contributed by atoms with E-state index in [0.717, 1.165) is 12.1 Å². The Morgan fingerprint density at radius 3 is 2.50 bits per heavy atom. The quantitative estimate of drug-likeness (QED) is 0.775. The lowest BCUT2D eigenvalue weighted by Crippen LogP contribution is -2.29. The normalized spacial score (nSPS) is 19.4. The zero-order valence-corrected chi connectivity index (χ0v) is 13.1. The first-order valence-electron chi connectivity index (χ1n) is 7.90. The molecule has 0 saturated heterocycles. The van der Waals surface area contributed by atoms with Crippen molar-refractivity contribution in [3.8, 4) is 0 Å². The summed E-state index contributed by atoms with van der Waals surface area (Å²) >= 11 is 6.31. The topological polar surface area (TPSA) is 12.0 Å². The van der Waals surface area contributed by atoms with E-state index in [2.05, 4.69) is 12.2 Å². The number of halogens is 2. The number of hydrogen-bond acceptors (Lipinski definition) is 1. The Kier molecular flexibility index (Phi) is 6.31. The highest BCUT2D eigenvalue weighted by Gasteiger charge is 2.25. The van der Waals surface area contributed by atoms with Crippen LogP contribution in [0.3, 0.4) is 0 Å². The third-order valence-electron chi connectivity index (χ3n) is 4.34. The fourth-order valence-electron chi connectivity index (χ4n) is 3.32. The fourth-order valence-corrected chi connectivity index (χ4v) is 3.56. The van der Waals surface area contributed by atoms with E-state index in [1.807, 2.05) is 0 Å². The van der Waals surface area contributed by atoms with E-state index in [1.54, 1.807) is 12.1 Å². The minimum atomic E-state index is -0.196. The number of nitrogens with one attached hydrogen (secondary N) is 1. The highest BCUT2D eigenvalue weighted by atomic mass is 35.5. The minimum Gasteiger partial charge on any atom is -0.310 e. The van der Waals surface area contributed by atoms with E-state index >= 15 is 0 Å². The molecule has 20 heavy (non-hydrogen) atoms. The molecule has 0 amide bonds. The summed E-state index contributed by atoms with van der Waals surface area (Å²) in [5, 5.41) is 4.21. The summed E-state index contributed by atoms with van der Waals surface area (Å²) in [7, 11) is 0. The van der Waals surface area contributed by atoms with Gasteiger partial charge in [-0.1, -0.05) is 50.6 Å². The molecule has 112 valence electrons. The summed E-state index contributed by atoms with van der Waals surface area (Å²) in [4.78, 5) is 0. The molecule has 1 unspecified atom stereocenters. The Hall–Kier alpha value is -0.600. The van der Waals surface area contributed by atoms with Gasteiger partial charge in [0.25, 0.3) is 0 Å². The molecule has 0 heterocycles. The Morgan fingerprint density at radius 2 is 1.85 bits per heavy atom. The second kappa shape index (κ2) is 7.99.